The molecule has 2 aromatic carbocycles. The van der Waals surface area contributed by atoms with Crippen molar-refractivity contribution in [3.8, 4) is 5.75 Å². The predicted octanol–water partition coefficient (Wildman–Crippen LogP) is 4.85. The summed E-state index contributed by atoms with van der Waals surface area (Å²) in [5, 5.41) is 0. The van der Waals surface area contributed by atoms with Crippen molar-refractivity contribution in [2.24, 2.45) is 0 Å². The molecule has 0 radical (unpaired) electrons. The summed E-state index contributed by atoms with van der Waals surface area (Å²) in [5.41, 5.74) is 4.39. The number of aromatic nitrogens is 2. The zero-order chi connectivity index (χ0) is 21.5. The number of benzene rings is 2. The van der Waals surface area contributed by atoms with Crippen molar-refractivity contribution >= 4 is 16.9 Å². The normalized spacial score (nSPS) is 17.2. The number of hydrogen-bond acceptors (Lipinski definition) is 3. The van der Waals surface area contributed by atoms with E-state index in [9.17, 15) is 4.79 Å². The average Bonchev–Trinajstić information content (AvgIpc) is 3.25. The number of carbonyl (C=O) groups is 1. The molecule has 158 valence electrons. The average molecular weight is 406 g/mol. The zero-order valence-electron chi connectivity index (χ0n) is 18.6. The molecular formula is C25H31N3O2. The highest BCUT2D eigenvalue weighted by atomic mass is 16.5. The molecule has 3 aromatic rings. The van der Waals surface area contributed by atoms with Gasteiger partial charge in [-0.05, 0) is 70.0 Å². The summed E-state index contributed by atoms with van der Waals surface area (Å²) in [6.45, 7) is 12.4. The number of likely N-dealkylation sites (tertiary alicyclic amines) is 1. The molecule has 1 saturated heterocycles. The van der Waals surface area contributed by atoms with E-state index in [-0.39, 0.29) is 17.4 Å². The Morgan fingerprint density at radius 1 is 1.10 bits per heavy atom. The van der Waals surface area contributed by atoms with Gasteiger partial charge in [0.25, 0.3) is 0 Å². The molecule has 5 nitrogen and oxygen atoms in total. The van der Waals surface area contributed by atoms with E-state index in [1.165, 1.54) is 11.1 Å². The molecule has 4 rings (SSSR count). The Morgan fingerprint density at radius 2 is 1.87 bits per heavy atom. The molecule has 5 heteroatoms. The number of amides is 1. The summed E-state index contributed by atoms with van der Waals surface area (Å²) in [7, 11) is 0. The molecule has 30 heavy (non-hydrogen) atoms. The van der Waals surface area contributed by atoms with Gasteiger partial charge in [0, 0.05) is 24.4 Å². The third-order valence-corrected chi connectivity index (χ3v) is 6.05. The van der Waals surface area contributed by atoms with Gasteiger partial charge in [0.2, 0.25) is 5.91 Å². The van der Waals surface area contributed by atoms with Gasteiger partial charge in [0.05, 0.1) is 17.6 Å². The van der Waals surface area contributed by atoms with Crippen molar-refractivity contribution in [2.45, 2.75) is 59.0 Å². The highest BCUT2D eigenvalue weighted by molar-refractivity contribution is 5.81. The molecule has 1 amide bonds. The van der Waals surface area contributed by atoms with Gasteiger partial charge in [-0.1, -0.05) is 18.2 Å². The number of rotatable bonds is 5. The summed E-state index contributed by atoms with van der Waals surface area (Å²) in [5.74, 6) is 2.18. The molecule has 1 aromatic heterocycles. The Morgan fingerprint density at radius 3 is 2.57 bits per heavy atom. The first kappa shape index (κ1) is 20.5. The predicted molar refractivity (Wildman–Crippen MR) is 120 cm³/mol. The fraction of sp³-hybridized carbons (Fsp3) is 0.440. The Hall–Kier alpha value is -2.82. The first-order valence-corrected chi connectivity index (χ1v) is 10.7. The van der Waals surface area contributed by atoms with Gasteiger partial charge in [0.1, 0.15) is 18.2 Å². The monoisotopic (exact) mass is 405 g/mol. The lowest BCUT2D eigenvalue weighted by atomic mass is 10.1. The smallest absolute Gasteiger partial charge is 0.223 e. The van der Waals surface area contributed by atoms with Crippen LogP contribution in [0.1, 0.15) is 50.1 Å². The molecule has 1 aliphatic rings. The van der Waals surface area contributed by atoms with Gasteiger partial charge >= 0.3 is 0 Å². The fourth-order valence-corrected chi connectivity index (χ4v) is 4.23. The van der Waals surface area contributed by atoms with Crippen LogP contribution in [0.3, 0.4) is 0 Å². The quantitative estimate of drug-likeness (QED) is 0.610. The van der Waals surface area contributed by atoms with Crippen LogP contribution in [0.4, 0.5) is 0 Å². The molecule has 0 unspecified atom stereocenters. The molecule has 0 aliphatic carbocycles. The molecule has 1 atom stereocenters. The van der Waals surface area contributed by atoms with E-state index in [0.717, 1.165) is 22.6 Å². The zero-order valence-corrected chi connectivity index (χ0v) is 18.6. The number of nitrogens with zero attached hydrogens (tertiary/aromatic N) is 3. The first-order chi connectivity index (χ1) is 14.2. The summed E-state index contributed by atoms with van der Waals surface area (Å²) < 4.78 is 8.29. The second kappa shape index (κ2) is 7.78. The highest BCUT2D eigenvalue weighted by Crippen LogP contribution is 2.33. The molecule has 0 N–H and O–H groups in total. The third kappa shape index (κ3) is 3.93. The lowest BCUT2D eigenvalue weighted by molar-refractivity contribution is -0.131. The number of para-hydroxylation sites is 2. The topological polar surface area (TPSA) is 47.4 Å². The molecule has 1 fully saturated rings. The maximum absolute atomic E-state index is 12.7. The SMILES string of the molecule is Cc1ccc(OCCn2c([C@@H]3CC(=O)N(C(C)(C)C)C3)nc3ccccc32)cc1C. The van der Waals surface area contributed by atoms with Crippen molar-refractivity contribution in [1.29, 1.82) is 0 Å². The van der Waals surface area contributed by atoms with E-state index in [2.05, 4.69) is 57.4 Å². The molecule has 0 saturated carbocycles. The van der Waals surface area contributed by atoms with Crippen LogP contribution in [-0.2, 0) is 11.3 Å². The highest BCUT2D eigenvalue weighted by Gasteiger charge is 2.38. The number of aryl methyl sites for hydroxylation is 2. The molecular weight excluding hydrogens is 374 g/mol. The van der Waals surface area contributed by atoms with E-state index in [1.807, 2.05) is 29.2 Å². The summed E-state index contributed by atoms with van der Waals surface area (Å²) in [4.78, 5) is 19.6. The van der Waals surface area contributed by atoms with Crippen LogP contribution in [0.25, 0.3) is 11.0 Å². The molecule has 0 bridgehead atoms. The van der Waals surface area contributed by atoms with Crippen molar-refractivity contribution in [1.82, 2.24) is 14.5 Å². The maximum atomic E-state index is 12.7. The van der Waals surface area contributed by atoms with Crippen LogP contribution in [0.15, 0.2) is 42.5 Å². The van der Waals surface area contributed by atoms with E-state index in [4.69, 9.17) is 9.72 Å². The van der Waals surface area contributed by atoms with Crippen LogP contribution in [0.5, 0.6) is 5.75 Å². The Balaban J connectivity index is 1.58. The molecule has 1 aliphatic heterocycles. The lowest BCUT2D eigenvalue weighted by Gasteiger charge is -2.32. The van der Waals surface area contributed by atoms with Crippen molar-refractivity contribution < 1.29 is 9.53 Å². The molecule has 0 spiro atoms. The number of imidazole rings is 1. The van der Waals surface area contributed by atoms with Gasteiger partial charge in [-0.25, -0.2) is 4.98 Å². The minimum Gasteiger partial charge on any atom is -0.492 e. The summed E-state index contributed by atoms with van der Waals surface area (Å²) in [6, 6.07) is 14.4. The van der Waals surface area contributed by atoms with Crippen molar-refractivity contribution in [2.75, 3.05) is 13.2 Å². The fourth-order valence-electron chi connectivity index (χ4n) is 4.23. The second-order valence-corrected chi connectivity index (χ2v) is 9.28. The van der Waals surface area contributed by atoms with Gasteiger partial charge in [-0.3, -0.25) is 4.79 Å². The number of ether oxygens (including phenoxy) is 1. The third-order valence-electron chi connectivity index (χ3n) is 6.05. The maximum Gasteiger partial charge on any atom is 0.223 e. The van der Waals surface area contributed by atoms with Crippen molar-refractivity contribution in [3.05, 3.63) is 59.4 Å². The van der Waals surface area contributed by atoms with Crippen molar-refractivity contribution in [3.63, 3.8) is 0 Å². The molecule has 2 heterocycles. The van der Waals surface area contributed by atoms with Gasteiger partial charge in [-0.2, -0.15) is 0 Å². The standard InChI is InChI=1S/C25H31N3O2/c1-17-10-11-20(14-18(17)2)30-13-12-27-22-9-7-6-8-21(22)26-24(27)19-15-23(29)28(16-19)25(3,4)5/h6-11,14,19H,12-13,15-16H2,1-5H3/t19-/m1/s1. The van der Waals surface area contributed by atoms with Crippen LogP contribution in [0, 0.1) is 13.8 Å². The lowest BCUT2D eigenvalue weighted by Crippen LogP contribution is -2.42. The van der Waals surface area contributed by atoms with Crippen LogP contribution in [-0.4, -0.2) is 39.0 Å². The van der Waals surface area contributed by atoms with E-state index < -0.39 is 0 Å². The minimum atomic E-state index is -0.172. The van der Waals surface area contributed by atoms with Gasteiger partial charge in [0.15, 0.2) is 0 Å². The Kier molecular flexibility index (Phi) is 5.31. The summed E-state index contributed by atoms with van der Waals surface area (Å²) in [6.07, 6.45) is 0.513. The number of carbonyl (C=O) groups excluding carboxylic acids is 1. The van der Waals surface area contributed by atoms with Gasteiger partial charge in [-0.15, -0.1) is 0 Å². The van der Waals surface area contributed by atoms with Gasteiger partial charge < -0.3 is 14.2 Å². The van der Waals surface area contributed by atoms with Crippen LogP contribution < -0.4 is 4.74 Å². The Labute approximate surface area is 178 Å². The largest absolute Gasteiger partial charge is 0.492 e. The van der Waals surface area contributed by atoms with Crippen LogP contribution in [0.2, 0.25) is 0 Å². The van der Waals surface area contributed by atoms with E-state index in [0.29, 0.717) is 26.1 Å². The second-order valence-electron chi connectivity index (χ2n) is 9.28. The van der Waals surface area contributed by atoms with E-state index >= 15 is 0 Å². The number of fused-ring (bicyclic) bond motifs is 1. The Bertz CT molecular complexity index is 1080. The van der Waals surface area contributed by atoms with Crippen LogP contribution >= 0.6 is 0 Å². The minimum absolute atomic E-state index is 0.103. The number of hydrogen-bond donors (Lipinski definition) is 0. The first-order valence-electron chi connectivity index (χ1n) is 10.7. The van der Waals surface area contributed by atoms with E-state index in [1.54, 1.807) is 0 Å². The summed E-state index contributed by atoms with van der Waals surface area (Å²) >= 11 is 0.